The molecule has 0 saturated heterocycles. The van der Waals surface area contributed by atoms with Crippen LogP contribution in [0.3, 0.4) is 0 Å². The highest BCUT2D eigenvalue weighted by Crippen LogP contribution is 2.40. The van der Waals surface area contributed by atoms with Crippen LogP contribution in [0.4, 0.5) is 0 Å². The lowest BCUT2D eigenvalue weighted by atomic mass is 9.69. The third-order valence-electron chi connectivity index (χ3n) is 3.61. The highest BCUT2D eigenvalue weighted by atomic mass is 16.6. The second-order valence-electron chi connectivity index (χ2n) is 4.68. The first-order valence-corrected chi connectivity index (χ1v) is 7.39. The SMILES string of the molecule is CCCC(C(=O)OCC)(C(=O)OCC)C(CC)CC. The van der Waals surface area contributed by atoms with E-state index in [9.17, 15) is 9.59 Å². The maximum Gasteiger partial charge on any atom is 0.323 e. The van der Waals surface area contributed by atoms with Gasteiger partial charge in [-0.05, 0) is 26.2 Å². The molecule has 0 aliphatic rings. The summed E-state index contributed by atoms with van der Waals surface area (Å²) in [4.78, 5) is 24.8. The lowest BCUT2D eigenvalue weighted by molar-refractivity contribution is -0.178. The number of hydrogen-bond acceptors (Lipinski definition) is 4. The van der Waals surface area contributed by atoms with E-state index in [1.807, 2.05) is 20.8 Å². The van der Waals surface area contributed by atoms with Crippen molar-refractivity contribution < 1.29 is 19.1 Å². The van der Waals surface area contributed by atoms with Crippen LogP contribution < -0.4 is 0 Å². The largest absolute Gasteiger partial charge is 0.465 e. The maximum atomic E-state index is 12.4. The van der Waals surface area contributed by atoms with Gasteiger partial charge in [-0.3, -0.25) is 9.59 Å². The highest BCUT2D eigenvalue weighted by Gasteiger charge is 2.52. The summed E-state index contributed by atoms with van der Waals surface area (Å²) in [6.07, 6.45) is 2.74. The third kappa shape index (κ3) is 3.95. The van der Waals surface area contributed by atoms with Crippen LogP contribution in [-0.4, -0.2) is 25.2 Å². The molecule has 0 unspecified atom stereocenters. The van der Waals surface area contributed by atoms with E-state index in [4.69, 9.17) is 9.47 Å². The Bertz CT molecular complexity index is 264. The first-order chi connectivity index (χ1) is 9.04. The van der Waals surface area contributed by atoms with Crippen LogP contribution in [-0.2, 0) is 19.1 Å². The minimum Gasteiger partial charge on any atom is -0.465 e. The number of carbonyl (C=O) groups is 2. The van der Waals surface area contributed by atoms with E-state index < -0.39 is 17.4 Å². The topological polar surface area (TPSA) is 52.6 Å². The Morgan fingerprint density at radius 3 is 1.58 bits per heavy atom. The van der Waals surface area contributed by atoms with Crippen molar-refractivity contribution in [2.24, 2.45) is 11.3 Å². The van der Waals surface area contributed by atoms with Gasteiger partial charge in [-0.15, -0.1) is 0 Å². The lowest BCUT2D eigenvalue weighted by Gasteiger charge is -2.35. The van der Waals surface area contributed by atoms with E-state index in [-0.39, 0.29) is 19.1 Å². The minimum absolute atomic E-state index is 0.0365. The van der Waals surface area contributed by atoms with Crippen molar-refractivity contribution >= 4 is 11.9 Å². The smallest absolute Gasteiger partial charge is 0.323 e. The van der Waals surface area contributed by atoms with Gasteiger partial charge in [0.2, 0.25) is 0 Å². The first-order valence-electron chi connectivity index (χ1n) is 7.39. The van der Waals surface area contributed by atoms with Gasteiger partial charge >= 0.3 is 11.9 Å². The van der Waals surface area contributed by atoms with Crippen LogP contribution >= 0.6 is 0 Å². The molecule has 0 aromatic carbocycles. The number of ether oxygens (including phenoxy) is 2. The zero-order valence-electron chi connectivity index (χ0n) is 13.0. The molecular formula is C15H28O4. The van der Waals surface area contributed by atoms with Crippen LogP contribution in [0.5, 0.6) is 0 Å². The van der Waals surface area contributed by atoms with Gasteiger partial charge in [0, 0.05) is 0 Å². The predicted molar refractivity (Wildman–Crippen MR) is 74.7 cm³/mol. The van der Waals surface area contributed by atoms with Crippen molar-refractivity contribution in [2.45, 2.75) is 60.3 Å². The van der Waals surface area contributed by atoms with Gasteiger partial charge in [-0.2, -0.15) is 0 Å². The molecule has 0 bridgehead atoms. The van der Waals surface area contributed by atoms with Gasteiger partial charge in [0.05, 0.1) is 13.2 Å². The Labute approximate surface area is 116 Å². The molecule has 0 aromatic heterocycles. The standard InChI is InChI=1S/C15H28O4/c1-6-11-15(12(7-2)8-3,13(16)18-9-4)14(17)19-10-5/h12H,6-11H2,1-5H3. The van der Waals surface area contributed by atoms with Gasteiger partial charge in [0.25, 0.3) is 0 Å². The molecule has 0 atom stereocenters. The van der Waals surface area contributed by atoms with Crippen molar-refractivity contribution in [3.05, 3.63) is 0 Å². The number of esters is 2. The second-order valence-corrected chi connectivity index (χ2v) is 4.68. The Hall–Kier alpha value is -1.06. The maximum absolute atomic E-state index is 12.4. The number of carbonyl (C=O) groups excluding carboxylic acids is 2. The summed E-state index contributed by atoms with van der Waals surface area (Å²) in [7, 11) is 0. The summed E-state index contributed by atoms with van der Waals surface area (Å²) in [5, 5.41) is 0. The lowest BCUT2D eigenvalue weighted by Crippen LogP contribution is -2.47. The van der Waals surface area contributed by atoms with E-state index in [1.54, 1.807) is 13.8 Å². The van der Waals surface area contributed by atoms with Crippen molar-refractivity contribution in [2.75, 3.05) is 13.2 Å². The third-order valence-corrected chi connectivity index (χ3v) is 3.61. The molecule has 0 saturated carbocycles. The van der Waals surface area contributed by atoms with Crippen LogP contribution in [0, 0.1) is 11.3 Å². The second kappa shape index (κ2) is 8.94. The minimum atomic E-state index is -1.13. The Kier molecular flexibility index (Phi) is 8.44. The Morgan fingerprint density at radius 2 is 1.32 bits per heavy atom. The highest BCUT2D eigenvalue weighted by molar-refractivity contribution is 6.00. The fourth-order valence-electron chi connectivity index (χ4n) is 2.72. The van der Waals surface area contributed by atoms with Gasteiger partial charge in [0.15, 0.2) is 5.41 Å². The molecule has 112 valence electrons. The van der Waals surface area contributed by atoms with E-state index in [0.717, 1.165) is 19.3 Å². The molecule has 0 heterocycles. The van der Waals surface area contributed by atoms with E-state index in [0.29, 0.717) is 6.42 Å². The Morgan fingerprint density at radius 1 is 0.895 bits per heavy atom. The monoisotopic (exact) mass is 272 g/mol. The number of hydrogen-bond donors (Lipinski definition) is 0. The Balaban J connectivity index is 5.57. The van der Waals surface area contributed by atoms with Crippen molar-refractivity contribution in [3.63, 3.8) is 0 Å². The van der Waals surface area contributed by atoms with E-state index in [1.165, 1.54) is 0 Å². The summed E-state index contributed by atoms with van der Waals surface area (Å²) in [5.41, 5.74) is -1.13. The molecule has 4 heteroatoms. The normalized spacial score (nSPS) is 11.5. The van der Waals surface area contributed by atoms with Crippen molar-refractivity contribution in [3.8, 4) is 0 Å². The van der Waals surface area contributed by atoms with Gasteiger partial charge in [-0.1, -0.05) is 40.0 Å². The van der Waals surface area contributed by atoms with Crippen molar-refractivity contribution in [1.29, 1.82) is 0 Å². The average molecular weight is 272 g/mol. The van der Waals surface area contributed by atoms with Crippen LogP contribution in [0.1, 0.15) is 60.3 Å². The molecule has 0 aromatic rings. The molecule has 0 N–H and O–H groups in total. The van der Waals surface area contributed by atoms with Crippen molar-refractivity contribution in [1.82, 2.24) is 0 Å². The zero-order chi connectivity index (χ0) is 14.9. The molecule has 0 amide bonds. The predicted octanol–water partition coefficient (Wildman–Crippen LogP) is 3.34. The first kappa shape index (κ1) is 17.9. The van der Waals surface area contributed by atoms with Crippen LogP contribution in [0.25, 0.3) is 0 Å². The average Bonchev–Trinajstić information content (AvgIpc) is 2.39. The molecule has 0 spiro atoms. The molecule has 0 rings (SSSR count). The summed E-state index contributed by atoms with van der Waals surface area (Å²) in [6, 6.07) is 0. The summed E-state index contributed by atoms with van der Waals surface area (Å²) in [5.74, 6) is -0.890. The summed E-state index contributed by atoms with van der Waals surface area (Å²) < 4.78 is 10.3. The molecule has 0 aliphatic heterocycles. The summed E-state index contributed by atoms with van der Waals surface area (Å²) >= 11 is 0. The van der Waals surface area contributed by atoms with Crippen LogP contribution in [0.15, 0.2) is 0 Å². The molecule has 4 nitrogen and oxygen atoms in total. The fourth-order valence-corrected chi connectivity index (χ4v) is 2.72. The molecular weight excluding hydrogens is 244 g/mol. The van der Waals surface area contributed by atoms with E-state index in [2.05, 4.69) is 0 Å². The molecule has 0 fully saturated rings. The fraction of sp³-hybridized carbons (Fsp3) is 0.867. The van der Waals surface area contributed by atoms with E-state index >= 15 is 0 Å². The van der Waals surface area contributed by atoms with Crippen LogP contribution in [0.2, 0.25) is 0 Å². The van der Waals surface area contributed by atoms with Gasteiger partial charge in [0.1, 0.15) is 0 Å². The molecule has 19 heavy (non-hydrogen) atoms. The molecule has 0 aliphatic carbocycles. The number of rotatable bonds is 9. The van der Waals surface area contributed by atoms with Gasteiger partial charge in [-0.25, -0.2) is 0 Å². The zero-order valence-corrected chi connectivity index (χ0v) is 13.0. The summed E-state index contributed by atoms with van der Waals surface area (Å²) in [6.45, 7) is 10.0. The van der Waals surface area contributed by atoms with Gasteiger partial charge < -0.3 is 9.47 Å². The molecule has 0 radical (unpaired) electrons. The quantitative estimate of drug-likeness (QED) is 0.477.